The Morgan fingerprint density at radius 1 is 1.17 bits per heavy atom. The van der Waals surface area contributed by atoms with Gasteiger partial charge in [0.15, 0.2) is 5.76 Å². The highest BCUT2D eigenvalue weighted by Crippen LogP contribution is 2.31. The molecule has 0 bridgehead atoms. The molecule has 0 aliphatic carbocycles. The van der Waals surface area contributed by atoms with Crippen LogP contribution in [0.3, 0.4) is 0 Å². The maximum atomic E-state index is 13.1. The summed E-state index contributed by atoms with van der Waals surface area (Å²) in [6.45, 7) is 5.87. The van der Waals surface area contributed by atoms with Gasteiger partial charge in [0.05, 0.1) is 6.20 Å². The number of hydrogen-bond acceptors (Lipinski definition) is 4. The predicted octanol–water partition coefficient (Wildman–Crippen LogP) is 5.09. The van der Waals surface area contributed by atoms with Gasteiger partial charge in [0.1, 0.15) is 12.1 Å². The highest BCUT2D eigenvalue weighted by atomic mass is 35.5. The SMILES string of the molecule is CC(C)c1ccc(C2(C)NC(=O)N(Cc3ncc(-c4cccc(Cl)c4)o3)C2=O)cc1. The molecule has 1 aromatic heterocycles. The lowest BCUT2D eigenvalue weighted by molar-refractivity contribution is -0.131. The van der Waals surface area contributed by atoms with E-state index in [4.69, 9.17) is 16.0 Å². The summed E-state index contributed by atoms with van der Waals surface area (Å²) in [5, 5.41) is 3.39. The molecule has 7 heteroatoms. The van der Waals surface area contributed by atoms with E-state index in [1.165, 1.54) is 5.56 Å². The quantitative estimate of drug-likeness (QED) is 0.580. The Bertz CT molecular complexity index is 1110. The van der Waals surface area contributed by atoms with Gasteiger partial charge in [0.2, 0.25) is 5.89 Å². The second-order valence-corrected chi connectivity index (χ2v) is 8.29. The minimum Gasteiger partial charge on any atom is -0.439 e. The van der Waals surface area contributed by atoms with Crippen LogP contribution in [-0.2, 0) is 16.9 Å². The van der Waals surface area contributed by atoms with E-state index in [1.807, 2.05) is 36.4 Å². The minimum absolute atomic E-state index is 0.0507. The summed E-state index contributed by atoms with van der Waals surface area (Å²) >= 11 is 6.03. The number of hydrogen-bond donors (Lipinski definition) is 1. The van der Waals surface area contributed by atoms with Gasteiger partial charge in [-0.3, -0.25) is 9.69 Å². The molecule has 0 radical (unpaired) electrons. The molecule has 1 aliphatic rings. The average Bonchev–Trinajstić information content (AvgIpc) is 3.27. The fourth-order valence-corrected chi connectivity index (χ4v) is 3.72. The van der Waals surface area contributed by atoms with Gasteiger partial charge in [-0.2, -0.15) is 0 Å². The number of imide groups is 1. The molecule has 3 amide bonds. The number of benzene rings is 2. The highest BCUT2D eigenvalue weighted by molar-refractivity contribution is 6.30. The van der Waals surface area contributed by atoms with Crippen molar-refractivity contribution >= 4 is 23.5 Å². The number of urea groups is 1. The Kier molecular flexibility index (Phi) is 5.12. The average molecular weight is 424 g/mol. The first-order valence-corrected chi connectivity index (χ1v) is 10.1. The molecule has 1 fully saturated rings. The molecule has 6 nitrogen and oxygen atoms in total. The minimum atomic E-state index is -1.13. The van der Waals surface area contributed by atoms with Crippen LogP contribution in [0, 0.1) is 0 Å². The monoisotopic (exact) mass is 423 g/mol. The summed E-state index contributed by atoms with van der Waals surface area (Å²) in [4.78, 5) is 31.1. The van der Waals surface area contributed by atoms with Gasteiger partial charge in [0.25, 0.3) is 5.91 Å². The molecule has 3 aromatic rings. The molecular weight excluding hydrogens is 402 g/mol. The van der Waals surface area contributed by atoms with Crippen molar-refractivity contribution in [2.24, 2.45) is 0 Å². The third kappa shape index (κ3) is 3.59. The predicted molar refractivity (Wildman–Crippen MR) is 114 cm³/mol. The Hall–Kier alpha value is -3.12. The largest absolute Gasteiger partial charge is 0.439 e. The molecule has 1 aliphatic heterocycles. The van der Waals surface area contributed by atoms with Gasteiger partial charge in [-0.25, -0.2) is 9.78 Å². The lowest BCUT2D eigenvalue weighted by atomic mass is 9.90. The first-order valence-electron chi connectivity index (χ1n) is 9.73. The Labute approximate surface area is 179 Å². The van der Waals surface area contributed by atoms with Crippen molar-refractivity contribution in [3.05, 3.63) is 76.8 Å². The van der Waals surface area contributed by atoms with E-state index in [1.54, 1.807) is 25.3 Å². The normalized spacial score (nSPS) is 18.9. The van der Waals surface area contributed by atoms with Gasteiger partial charge in [-0.1, -0.05) is 61.8 Å². The van der Waals surface area contributed by atoms with E-state index >= 15 is 0 Å². The fraction of sp³-hybridized carbons (Fsp3) is 0.261. The zero-order valence-electron chi connectivity index (χ0n) is 17.0. The second-order valence-electron chi connectivity index (χ2n) is 7.85. The topological polar surface area (TPSA) is 75.4 Å². The third-order valence-corrected chi connectivity index (χ3v) is 5.62. The standard InChI is InChI=1S/C23H22ClN3O3/c1-14(2)15-7-9-17(10-8-15)23(3)21(28)27(22(29)26-23)13-20-25-12-19(30-20)16-5-4-6-18(24)11-16/h4-12,14H,13H2,1-3H3,(H,26,29). The maximum Gasteiger partial charge on any atom is 0.325 e. The zero-order chi connectivity index (χ0) is 21.5. The zero-order valence-corrected chi connectivity index (χ0v) is 17.7. The first kappa shape index (κ1) is 20.2. The van der Waals surface area contributed by atoms with Crippen molar-refractivity contribution in [3.63, 3.8) is 0 Å². The molecule has 0 saturated carbocycles. The number of aromatic nitrogens is 1. The van der Waals surface area contributed by atoms with Crippen molar-refractivity contribution in [2.45, 2.75) is 38.8 Å². The third-order valence-electron chi connectivity index (χ3n) is 5.39. The van der Waals surface area contributed by atoms with Gasteiger partial charge in [0, 0.05) is 10.6 Å². The van der Waals surface area contributed by atoms with E-state index in [9.17, 15) is 9.59 Å². The lowest BCUT2D eigenvalue weighted by Gasteiger charge is -2.22. The summed E-state index contributed by atoms with van der Waals surface area (Å²) in [5.74, 6) is 0.836. The lowest BCUT2D eigenvalue weighted by Crippen LogP contribution is -2.40. The van der Waals surface area contributed by atoms with Crippen molar-refractivity contribution in [1.29, 1.82) is 0 Å². The number of rotatable bonds is 5. The first-order chi connectivity index (χ1) is 14.3. The number of halogens is 1. The van der Waals surface area contributed by atoms with Crippen LogP contribution >= 0.6 is 11.6 Å². The van der Waals surface area contributed by atoms with E-state index in [0.717, 1.165) is 16.0 Å². The Morgan fingerprint density at radius 2 is 1.90 bits per heavy atom. The Balaban J connectivity index is 1.55. The van der Waals surface area contributed by atoms with Crippen LogP contribution in [0.15, 0.2) is 59.1 Å². The van der Waals surface area contributed by atoms with Crippen molar-refractivity contribution in [2.75, 3.05) is 0 Å². The molecule has 1 unspecified atom stereocenters. The summed E-state index contributed by atoms with van der Waals surface area (Å²) in [6, 6.07) is 14.5. The molecule has 154 valence electrons. The molecule has 30 heavy (non-hydrogen) atoms. The summed E-state index contributed by atoms with van der Waals surface area (Å²) in [5.41, 5.74) is 1.55. The molecule has 0 spiro atoms. The number of nitrogens with zero attached hydrogens (tertiary/aromatic N) is 2. The molecule has 1 N–H and O–H groups in total. The van der Waals surface area contributed by atoms with Crippen LogP contribution in [0.1, 0.15) is 43.7 Å². The number of oxazole rings is 1. The molecule has 1 saturated heterocycles. The van der Waals surface area contributed by atoms with Gasteiger partial charge >= 0.3 is 6.03 Å². The number of nitrogens with one attached hydrogen (secondary N) is 1. The highest BCUT2D eigenvalue weighted by Gasteiger charge is 2.49. The van der Waals surface area contributed by atoms with E-state index in [0.29, 0.717) is 16.7 Å². The van der Waals surface area contributed by atoms with Crippen LogP contribution < -0.4 is 5.32 Å². The number of carbonyl (C=O) groups excluding carboxylic acids is 2. The van der Waals surface area contributed by atoms with Gasteiger partial charge in [-0.15, -0.1) is 0 Å². The summed E-state index contributed by atoms with van der Waals surface area (Å²) in [6.07, 6.45) is 1.56. The van der Waals surface area contributed by atoms with Crippen molar-refractivity contribution in [3.8, 4) is 11.3 Å². The summed E-state index contributed by atoms with van der Waals surface area (Å²) < 4.78 is 5.76. The van der Waals surface area contributed by atoms with Gasteiger partial charge < -0.3 is 9.73 Å². The Morgan fingerprint density at radius 3 is 2.57 bits per heavy atom. The molecule has 2 aromatic carbocycles. The number of amides is 3. The summed E-state index contributed by atoms with van der Waals surface area (Å²) in [7, 11) is 0. The van der Waals surface area contributed by atoms with Crippen LogP contribution in [0.4, 0.5) is 4.79 Å². The van der Waals surface area contributed by atoms with Gasteiger partial charge in [-0.05, 0) is 36.1 Å². The van der Waals surface area contributed by atoms with E-state index < -0.39 is 11.6 Å². The van der Waals surface area contributed by atoms with Crippen LogP contribution in [0.25, 0.3) is 11.3 Å². The maximum absolute atomic E-state index is 13.1. The molecule has 1 atom stereocenters. The molecule has 4 rings (SSSR count). The van der Waals surface area contributed by atoms with Crippen LogP contribution in [-0.4, -0.2) is 21.8 Å². The van der Waals surface area contributed by atoms with Crippen molar-refractivity contribution in [1.82, 2.24) is 15.2 Å². The number of carbonyl (C=O) groups is 2. The van der Waals surface area contributed by atoms with Crippen molar-refractivity contribution < 1.29 is 14.0 Å². The smallest absolute Gasteiger partial charge is 0.325 e. The molecule has 2 heterocycles. The molecular formula is C23H22ClN3O3. The van der Waals surface area contributed by atoms with E-state index in [2.05, 4.69) is 24.1 Å². The van der Waals surface area contributed by atoms with Crippen LogP contribution in [0.5, 0.6) is 0 Å². The fourth-order valence-electron chi connectivity index (χ4n) is 3.53. The van der Waals surface area contributed by atoms with E-state index in [-0.39, 0.29) is 18.3 Å². The van der Waals surface area contributed by atoms with Crippen LogP contribution in [0.2, 0.25) is 5.02 Å². The second kappa shape index (κ2) is 7.61.